The van der Waals surface area contributed by atoms with E-state index in [1.165, 1.54) is 24.3 Å². The minimum atomic E-state index is -4.37. The summed E-state index contributed by atoms with van der Waals surface area (Å²) in [4.78, 5) is 8.64. The molecule has 0 aliphatic heterocycles. The maximum Gasteiger partial charge on any atom is 2.00 e. The Morgan fingerprint density at radius 3 is 1.16 bits per heavy atom. The maximum atomic E-state index is 12.6. The van der Waals surface area contributed by atoms with Gasteiger partial charge in [-0.1, -0.05) is 60.0 Å². The summed E-state index contributed by atoms with van der Waals surface area (Å²) in [5.41, 5.74) is 5.12. The molecule has 0 aromatic heterocycles. The predicted octanol–water partition coefficient (Wildman–Crippen LogP) is 9.03. The number of hydrogen-bond acceptors (Lipinski definition) is 4. The third-order valence-electron chi connectivity index (χ3n) is 8.22. The van der Waals surface area contributed by atoms with E-state index in [0.29, 0.717) is 57.9 Å². The zero-order chi connectivity index (χ0) is 34.6. The molecule has 0 unspecified atom stereocenters. The van der Waals surface area contributed by atoms with E-state index in [4.69, 9.17) is 0 Å². The quantitative estimate of drug-likeness (QED) is 0.120. The first-order chi connectivity index (χ1) is 22.7. The van der Waals surface area contributed by atoms with Gasteiger partial charge in [0.1, 0.15) is 0 Å². The number of aliphatic imine (C=N–C) groups is 2. The molecule has 0 radical (unpaired) electrons. The largest absolute Gasteiger partial charge is 2.00 e. The van der Waals surface area contributed by atoms with Gasteiger partial charge >= 0.3 is 28.8 Å². The van der Waals surface area contributed by atoms with Gasteiger partial charge in [-0.05, 0) is 121 Å². The van der Waals surface area contributed by atoms with E-state index < -0.39 is 23.5 Å². The molecule has 256 valence electrons. The van der Waals surface area contributed by atoms with Gasteiger partial charge in [0.05, 0.1) is 22.5 Å². The number of halogens is 6. The summed E-state index contributed by atoms with van der Waals surface area (Å²) >= 11 is 0. The summed E-state index contributed by atoms with van der Waals surface area (Å²) in [6.45, 7) is 3.44. The molecule has 4 nitrogen and oxygen atoms in total. The monoisotopic (exact) mass is 718 g/mol. The summed E-state index contributed by atoms with van der Waals surface area (Å²) < 4.78 is 75.5. The van der Waals surface area contributed by atoms with Crippen molar-refractivity contribution in [2.45, 2.75) is 51.9 Å². The molecule has 0 fully saturated rings. The van der Waals surface area contributed by atoms with Gasteiger partial charge in [-0.2, -0.15) is 26.3 Å². The Balaban J connectivity index is 0.000000216. The van der Waals surface area contributed by atoms with Crippen molar-refractivity contribution in [2.24, 2.45) is 9.98 Å². The molecule has 0 heterocycles. The van der Waals surface area contributed by atoms with Gasteiger partial charge in [-0.3, -0.25) is 9.98 Å². The maximum absolute atomic E-state index is 12.6. The van der Waals surface area contributed by atoms with Crippen molar-refractivity contribution in [3.63, 3.8) is 0 Å². The second-order valence-electron chi connectivity index (χ2n) is 11.4. The van der Waals surface area contributed by atoms with Crippen LogP contribution in [0.25, 0.3) is 11.5 Å². The van der Waals surface area contributed by atoms with Crippen LogP contribution in [0.4, 0.5) is 37.7 Å². The van der Waals surface area contributed by atoms with Crippen LogP contribution in [0.5, 0.6) is 0 Å². The Labute approximate surface area is 290 Å². The van der Waals surface area contributed by atoms with Crippen molar-refractivity contribution in [3.8, 4) is 0 Å². The van der Waals surface area contributed by atoms with Crippen LogP contribution >= 0.6 is 0 Å². The first-order valence-electron chi connectivity index (χ1n) is 15.1. The Kier molecular flexibility index (Phi) is 11.6. The molecule has 2 aliphatic rings. The molecule has 0 spiro atoms. The number of alkyl halides is 6. The van der Waals surface area contributed by atoms with Crippen molar-refractivity contribution in [2.75, 3.05) is 0 Å². The van der Waals surface area contributed by atoms with E-state index in [9.17, 15) is 36.6 Å². The number of nitrogens with zero attached hydrogens (tertiary/aromatic N) is 2. The molecule has 4 aromatic rings. The molecule has 6 rings (SSSR count). The minimum Gasteiger partial charge on any atom is -0.872 e. The van der Waals surface area contributed by atoms with Crippen LogP contribution in [0, 0.1) is 0 Å². The first-order valence-corrected chi connectivity index (χ1v) is 15.1. The number of hydrogen-bond donors (Lipinski definition) is 0. The fraction of sp³-hybridized carbons (Fsp3) is 0.211. The molecule has 11 heteroatoms. The number of allylic oxidation sites excluding steroid dienone is 2. The molecule has 0 amide bonds. The van der Waals surface area contributed by atoms with Crippen LogP contribution in [-0.4, -0.2) is 11.4 Å². The topological polar surface area (TPSA) is 70.8 Å². The second kappa shape index (κ2) is 15.3. The van der Waals surface area contributed by atoms with Gasteiger partial charge < -0.3 is 10.2 Å². The normalized spacial score (nSPS) is 15.1. The summed E-state index contributed by atoms with van der Waals surface area (Å²) in [5, 5.41) is 25.1. The molecule has 0 bridgehead atoms. The van der Waals surface area contributed by atoms with Crippen LogP contribution in [-0.2, 0) is 41.7 Å². The van der Waals surface area contributed by atoms with Crippen LogP contribution in [0.2, 0.25) is 0 Å². The van der Waals surface area contributed by atoms with Gasteiger partial charge in [0, 0.05) is 11.4 Å². The van der Waals surface area contributed by atoms with Crippen LogP contribution in [0.15, 0.2) is 118 Å². The van der Waals surface area contributed by atoms with E-state index in [-0.39, 0.29) is 28.0 Å². The van der Waals surface area contributed by atoms with E-state index in [0.717, 1.165) is 48.2 Å². The average molecular weight is 719 g/mol. The molecule has 49 heavy (non-hydrogen) atoms. The molecule has 0 saturated carbocycles. The third kappa shape index (κ3) is 8.89. The van der Waals surface area contributed by atoms with E-state index in [2.05, 4.69) is 9.98 Å². The minimum absolute atomic E-state index is 0. The van der Waals surface area contributed by atoms with Gasteiger partial charge in [-0.15, -0.1) is 0 Å². The van der Waals surface area contributed by atoms with Crippen molar-refractivity contribution < 1.29 is 53.0 Å². The van der Waals surface area contributed by atoms with Gasteiger partial charge in [0.2, 0.25) is 0 Å². The molecule has 0 saturated heterocycles. The molecule has 4 aromatic carbocycles. The van der Waals surface area contributed by atoms with Crippen LogP contribution in [0.1, 0.15) is 60.1 Å². The number of aryl methyl sites for hydroxylation is 2. The Morgan fingerprint density at radius 1 is 0.510 bits per heavy atom. The summed E-state index contributed by atoms with van der Waals surface area (Å²) in [7, 11) is 0. The SMILES string of the molecule is CC(=Nc1ccc(C(F)(F)F)cc1)C1=C([O-])c2ccccc2CC1.CC(=Nc1ccc(C(F)(F)F)cc1)C1=C([O-])c2ccccc2CC1.[Ni+2]. The number of benzene rings is 4. The zero-order valence-corrected chi connectivity index (χ0v) is 27.3. The summed E-state index contributed by atoms with van der Waals surface area (Å²) in [6.07, 6.45) is -6.03. The molecular weight excluding hydrogens is 689 g/mol. The molecule has 0 atom stereocenters. The number of fused-ring (bicyclic) bond motifs is 2. The predicted molar refractivity (Wildman–Crippen MR) is 172 cm³/mol. The summed E-state index contributed by atoms with van der Waals surface area (Å²) in [6, 6.07) is 24.1. The van der Waals surface area contributed by atoms with Crippen molar-refractivity contribution >= 4 is 34.3 Å². The fourth-order valence-electron chi connectivity index (χ4n) is 5.65. The standard InChI is InChI=1S/2C19H16F3NO.Ni/c2*1-12(23-15-9-7-14(8-10-15)19(20,21)22)16-11-6-13-4-2-3-5-17(13)18(16)24;/h2*2-5,7-10,24H,6,11H2,1H3;/q;;+2/p-2. The van der Waals surface area contributed by atoms with Crippen LogP contribution in [0.3, 0.4) is 0 Å². The fourth-order valence-corrected chi connectivity index (χ4v) is 5.65. The average Bonchev–Trinajstić information content (AvgIpc) is 3.05. The van der Waals surface area contributed by atoms with E-state index in [1.807, 2.05) is 36.4 Å². The van der Waals surface area contributed by atoms with Crippen molar-refractivity contribution in [3.05, 3.63) is 142 Å². The van der Waals surface area contributed by atoms with E-state index in [1.54, 1.807) is 26.0 Å². The van der Waals surface area contributed by atoms with Crippen molar-refractivity contribution in [1.82, 2.24) is 0 Å². The second-order valence-corrected chi connectivity index (χ2v) is 11.4. The molecule has 0 N–H and O–H groups in total. The number of rotatable bonds is 4. The molecular formula is C38H30F6N2NiO2. The smallest absolute Gasteiger partial charge is 0.872 e. The van der Waals surface area contributed by atoms with Gasteiger partial charge in [-0.25, -0.2) is 0 Å². The summed E-state index contributed by atoms with van der Waals surface area (Å²) in [5.74, 6) is -0.102. The first kappa shape index (κ1) is 37.2. The van der Waals surface area contributed by atoms with Crippen molar-refractivity contribution in [1.29, 1.82) is 0 Å². The van der Waals surface area contributed by atoms with Gasteiger partial charge in [0.25, 0.3) is 0 Å². The molecule has 2 aliphatic carbocycles. The Hall–Kier alpha value is -4.63. The third-order valence-corrected chi connectivity index (χ3v) is 8.22. The van der Waals surface area contributed by atoms with E-state index >= 15 is 0 Å². The van der Waals surface area contributed by atoms with Gasteiger partial charge in [0.15, 0.2) is 0 Å². The zero-order valence-electron chi connectivity index (χ0n) is 26.4. The van der Waals surface area contributed by atoms with Crippen LogP contribution < -0.4 is 10.2 Å². The Morgan fingerprint density at radius 2 is 0.837 bits per heavy atom. The Bertz CT molecular complexity index is 1780.